The molecule has 7 aliphatic rings. The molecule has 2 aliphatic heterocycles. The number of aliphatic hydroxyl groups excluding tert-OH is 3. The van der Waals surface area contributed by atoms with Gasteiger partial charge in [0.05, 0.1) is 53.2 Å². The van der Waals surface area contributed by atoms with Gasteiger partial charge in [-0.05, 0) is 155 Å². The van der Waals surface area contributed by atoms with Crippen LogP contribution < -0.4 is 0 Å². The Morgan fingerprint density at radius 2 is 1.19 bits per heavy atom. The summed E-state index contributed by atoms with van der Waals surface area (Å²) in [4.78, 5) is 62.7. The maximum atomic E-state index is 13.3. The van der Waals surface area contributed by atoms with Gasteiger partial charge in [-0.1, -0.05) is 105 Å². The van der Waals surface area contributed by atoms with E-state index >= 15 is 0 Å². The molecule has 0 saturated heterocycles. The highest BCUT2D eigenvalue weighted by atomic mass is 32.2. The average Bonchev–Trinajstić information content (AvgIpc) is 3.92. The molecule has 3 N–H and O–H groups in total. The Labute approximate surface area is 484 Å². The van der Waals surface area contributed by atoms with Crippen LogP contribution in [-0.4, -0.2) is 135 Å². The highest BCUT2D eigenvalue weighted by molar-refractivity contribution is 7.90. The molecule has 0 radical (unpaired) electrons. The molecule has 9 unspecified atom stereocenters. The number of aliphatic hydroxyl groups is 3. The van der Waals surface area contributed by atoms with E-state index in [0.717, 1.165) is 70.5 Å². The molecule has 5 saturated carbocycles. The monoisotopic (exact) mass is 1170 g/mol. The fourth-order valence-electron chi connectivity index (χ4n) is 12.2. The molecule has 0 spiro atoms. The van der Waals surface area contributed by atoms with E-state index in [1.807, 2.05) is 6.92 Å². The van der Waals surface area contributed by atoms with Crippen molar-refractivity contribution in [1.29, 1.82) is 0 Å². The van der Waals surface area contributed by atoms with Crippen LogP contribution in [0.25, 0.3) is 0 Å². The number of benzene rings is 2. The molecular formula is C63H100F2N2O12SSi. The fraction of sp³-hybridized carbons (Fsp3) is 0.730. The Bertz CT molecular complexity index is 2410. The number of nitrogens with zero attached hydrogens (tertiary/aromatic N) is 2. The summed E-state index contributed by atoms with van der Waals surface area (Å²) in [6.45, 7) is 16.2. The lowest BCUT2D eigenvalue weighted by Gasteiger charge is -2.41. The van der Waals surface area contributed by atoms with Crippen LogP contribution >= 0.6 is 0 Å². The predicted octanol–water partition coefficient (Wildman–Crippen LogP) is 12.3. The van der Waals surface area contributed by atoms with Gasteiger partial charge in [0.25, 0.3) is 29.6 Å². The normalized spacial score (nSPS) is 27.5. The van der Waals surface area contributed by atoms with Crippen molar-refractivity contribution in [3.8, 4) is 0 Å². The lowest BCUT2D eigenvalue weighted by molar-refractivity contribution is -0.146. The molecule has 9 rings (SSSR count). The SMILES string of the molecule is C.CC(C)(C)[Si](C)(C)OC1CCCC(CO)C1.CC1C(CCS(C)(=O)=O)CCCC1(F)F.CC1C(O)CCCC1CN1C(=O)c2ccccc2C1=O.COC(=O)C1CCCCC1.O=C1c2ccccc2C(=O)N1CC1CCCC(O)C1. The van der Waals surface area contributed by atoms with E-state index in [1.165, 1.54) is 62.4 Å². The van der Waals surface area contributed by atoms with Crippen molar-refractivity contribution < 1.29 is 65.7 Å². The Morgan fingerprint density at radius 3 is 1.68 bits per heavy atom. The third kappa shape index (κ3) is 19.8. The van der Waals surface area contributed by atoms with Crippen LogP contribution in [0, 0.1) is 41.4 Å². The van der Waals surface area contributed by atoms with Crippen LogP contribution in [0.1, 0.15) is 212 Å². The summed E-state index contributed by atoms with van der Waals surface area (Å²) in [7, 11) is -3.18. The van der Waals surface area contributed by atoms with E-state index in [2.05, 4.69) is 38.6 Å². The summed E-state index contributed by atoms with van der Waals surface area (Å²) in [5.41, 5.74) is 2.01. The highest BCUT2D eigenvalue weighted by Crippen LogP contribution is 2.44. The van der Waals surface area contributed by atoms with Gasteiger partial charge in [0.2, 0.25) is 0 Å². The number of carbonyl (C=O) groups excluding carboxylic acids is 5. The van der Waals surface area contributed by atoms with E-state index in [4.69, 9.17) is 4.43 Å². The highest BCUT2D eigenvalue weighted by Gasteiger charge is 2.45. The van der Waals surface area contributed by atoms with Gasteiger partial charge in [0.15, 0.2) is 8.32 Å². The fourth-order valence-corrected chi connectivity index (χ4v) is 14.3. The molecule has 0 aromatic heterocycles. The molecule has 458 valence electrons. The zero-order valence-corrected chi connectivity index (χ0v) is 51.3. The smallest absolute Gasteiger partial charge is 0.308 e. The number of esters is 1. The summed E-state index contributed by atoms with van der Waals surface area (Å²) in [6.07, 6.45) is 19.1. The molecule has 2 heterocycles. The lowest BCUT2D eigenvalue weighted by atomic mass is 9.76. The maximum absolute atomic E-state index is 13.3. The number of fused-ring (bicyclic) bond motifs is 2. The first-order valence-electron chi connectivity index (χ1n) is 29.8. The second-order valence-corrected chi connectivity index (χ2v) is 32.5. The van der Waals surface area contributed by atoms with Gasteiger partial charge >= 0.3 is 5.97 Å². The van der Waals surface area contributed by atoms with E-state index in [9.17, 15) is 56.5 Å². The van der Waals surface area contributed by atoms with Gasteiger partial charge in [0, 0.05) is 44.4 Å². The number of amides is 4. The zero-order chi connectivity index (χ0) is 59.2. The zero-order valence-electron chi connectivity index (χ0n) is 49.4. The van der Waals surface area contributed by atoms with Gasteiger partial charge in [0.1, 0.15) is 9.84 Å². The van der Waals surface area contributed by atoms with Crippen LogP contribution in [0.5, 0.6) is 0 Å². The number of ether oxygens (including phenoxy) is 1. The van der Waals surface area contributed by atoms with Crippen molar-refractivity contribution in [2.75, 3.05) is 38.8 Å². The van der Waals surface area contributed by atoms with Crippen molar-refractivity contribution in [1.82, 2.24) is 9.80 Å². The number of methoxy groups -OCH3 is 1. The lowest BCUT2D eigenvalue weighted by Crippen LogP contribution is -2.45. The molecule has 18 heteroatoms. The standard InChI is InChI=1S/C16H19NO3.C15H17NO3.C13H28O2Si.C10H18F2O2S.C8H14O2.CH4/c1-10-11(5-4-8-14(10)18)9-17-15(19)12-6-2-3-7-13(12)16(17)20;17-11-5-3-4-10(8-11)9-16-14(18)12-6-1-2-7-13(12)15(16)19;1-13(2,3)16(4,5)15-12-8-6-7-11(9-12)10-14;1-8-9(5-7-15(2,13)14)4-3-6-10(8,11)12;1-10-8(9)7-5-3-2-4-6-7;/h2-3,6-7,10-11,14,18H,4-5,8-9H2,1H3;1-2,6-7,10-11,17H,3-5,8-9H2;11-12,14H,6-10H2,1-5H3;8-9H,3-7H2,1-2H3;7H,2-6H2,1H3;1H4. The minimum absolute atomic E-state index is 0. The average molecular weight is 1180 g/mol. The molecule has 14 nitrogen and oxygen atoms in total. The van der Waals surface area contributed by atoms with Crippen molar-refractivity contribution in [3.05, 3.63) is 70.8 Å². The number of sulfone groups is 1. The van der Waals surface area contributed by atoms with Crippen molar-refractivity contribution >= 4 is 47.8 Å². The second-order valence-electron chi connectivity index (χ2n) is 25.5. The summed E-state index contributed by atoms with van der Waals surface area (Å²) in [5.74, 6) is -2.98. The minimum Gasteiger partial charge on any atom is -0.469 e. The van der Waals surface area contributed by atoms with Gasteiger partial charge in [-0.25, -0.2) is 17.2 Å². The molecule has 2 aromatic carbocycles. The number of halogens is 2. The van der Waals surface area contributed by atoms with E-state index in [0.29, 0.717) is 78.3 Å². The second kappa shape index (κ2) is 31.3. The number of alkyl halides is 2. The van der Waals surface area contributed by atoms with E-state index < -0.39 is 30.0 Å². The first kappa shape index (κ1) is 69.5. The number of carbonyl (C=O) groups is 5. The first-order chi connectivity index (χ1) is 37.6. The van der Waals surface area contributed by atoms with Crippen molar-refractivity contribution in [2.24, 2.45) is 41.4 Å². The third-order valence-corrected chi connectivity index (χ3v) is 24.0. The van der Waals surface area contributed by atoms with E-state index in [-0.39, 0.29) is 91.0 Å². The molecule has 2 aromatic rings. The van der Waals surface area contributed by atoms with Crippen LogP contribution in [0.15, 0.2) is 48.5 Å². The van der Waals surface area contributed by atoms with Crippen molar-refractivity contribution in [3.63, 3.8) is 0 Å². The molecule has 5 aliphatic carbocycles. The largest absolute Gasteiger partial charge is 0.469 e. The van der Waals surface area contributed by atoms with Crippen molar-refractivity contribution in [2.45, 2.75) is 213 Å². The first-order valence-corrected chi connectivity index (χ1v) is 34.7. The molecule has 5 fully saturated rings. The van der Waals surface area contributed by atoms with Gasteiger partial charge in [-0.15, -0.1) is 0 Å². The number of hydrogen-bond acceptors (Lipinski definition) is 12. The molecule has 0 bridgehead atoms. The van der Waals surface area contributed by atoms with Crippen LogP contribution in [0.4, 0.5) is 8.78 Å². The Balaban J connectivity index is 0.000000221. The molecular weight excluding hydrogens is 1070 g/mol. The summed E-state index contributed by atoms with van der Waals surface area (Å²) in [6, 6.07) is 13.9. The predicted molar refractivity (Wildman–Crippen MR) is 316 cm³/mol. The Hall–Kier alpha value is -3.94. The van der Waals surface area contributed by atoms with Gasteiger partial charge in [-0.3, -0.25) is 33.8 Å². The Kier molecular flexibility index (Phi) is 26.8. The minimum atomic E-state index is -3.03. The topological polar surface area (TPSA) is 205 Å². The summed E-state index contributed by atoms with van der Waals surface area (Å²) < 4.78 is 59.6. The van der Waals surface area contributed by atoms with Gasteiger partial charge in [-0.2, -0.15) is 0 Å². The van der Waals surface area contributed by atoms with Gasteiger partial charge < -0.3 is 24.5 Å². The molecule has 4 amide bonds. The number of hydrogen-bond donors (Lipinski definition) is 3. The Morgan fingerprint density at radius 1 is 0.691 bits per heavy atom. The van der Waals surface area contributed by atoms with E-state index in [1.54, 1.807) is 48.5 Å². The van der Waals surface area contributed by atoms with Crippen LogP contribution in [0.2, 0.25) is 18.1 Å². The summed E-state index contributed by atoms with van der Waals surface area (Å²) in [5, 5.41) is 29.1. The molecule has 81 heavy (non-hydrogen) atoms. The quantitative estimate of drug-likeness (QED) is 0.109. The summed E-state index contributed by atoms with van der Waals surface area (Å²) >= 11 is 0. The maximum Gasteiger partial charge on any atom is 0.308 e. The third-order valence-electron chi connectivity index (χ3n) is 18.5. The number of rotatable bonds is 11. The number of imide groups is 2. The van der Waals surface area contributed by atoms with Crippen LogP contribution in [0.3, 0.4) is 0 Å². The van der Waals surface area contributed by atoms with Crippen LogP contribution in [-0.2, 0) is 23.8 Å². The molecule has 9 atom stereocenters.